The standard InChI is InChI=1S/C5H9ClN2/c1-4(2)8-5(6)7-3/h1-3H3/b7-5-. The first kappa shape index (κ1) is 7.63. The van der Waals surface area contributed by atoms with E-state index in [1.54, 1.807) is 7.05 Å². The molecule has 0 radical (unpaired) electrons. The zero-order chi connectivity index (χ0) is 6.57. The quantitative estimate of drug-likeness (QED) is 0.272. The normalized spacial score (nSPS) is 11.2. The molecule has 0 rings (SSSR count). The van der Waals surface area contributed by atoms with Crippen LogP contribution in [0.3, 0.4) is 0 Å². The molecule has 0 aliphatic rings. The Bertz CT molecular complexity index is 122. The van der Waals surface area contributed by atoms with Crippen LogP contribution in [0.4, 0.5) is 0 Å². The van der Waals surface area contributed by atoms with E-state index in [1.165, 1.54) is 0 Å². The maximum atomic E-state index is 5.42. The van der Waals surface area contributed by atoms with Crippen molar-refractivity contribution in [3.8, 4) is 0 Å². The number of nitrogens with zero attached hydrogens (tertiary/aromatic N) is 2. The van der Waals surface area contributed by atoms with Gasteiger partial charge in [-0.15, -0.1) is 0 Å². The minimum Gasteiger partial charge on any atom is -0.260 e. The Morgan fingerprint density at radius 2 is 1.88 bits per heavy atom. The summed E-state index contributed by atoms with van der Waals surface area (Å²) in [6.45, 7) is 3.74. The number of halogens is 1. The number of hydrogen-bond acceptors (Lipinski definition) is 1. The van der Waals surface area contributed by atoms with Gasteiger partial charge in [0, 0.05) is 12.8 Å². The third-order valence-corrected chi connectivity index (χ3v) is 0.754. The van der Waals surface area contributed by atoms with Crippen LogP contribution in [0.1, 0.15) is 13.8 Å². The van der Waals surface area contributed by atoms with Gasteiger partial charge in [-0.05, 0) is 25.4 Å². The van der Waals surface area contributed by atoms with Crippen LogP contribution in [0.5, 0.6) is 0 Å². The Balaban J connectivity index is 3.89. The van der Waals surface area contributed by atoms with E-state index in [1.807, 2.05) is 13.8 Å². The van der Waals surface area contributed by atoms with Crippen LogP contribution >= 0.6 is 11.6 Å². The Morgan fingerprint density at radius 1 is 1.38 bits per heavy atom. The molecule has 0 aliphatic heterocycles. The highest BCUT2D eigenvalue weighted by Crippen LogP contribution is 1.86. The molecule has 0 fully saturated rings. The lowest BCUT2D eigenvalue weighted by atomic mass is 10.5. The molecule has 8 heavy (non-hydrogen) atoms. The molecule has 2 nitrogen and oxygen atoms in total. The molecule has 0 N–H and O–H groups in total. The first-order valence-corrected chi connectivity index (χ1v) is 2.68. The molecule has 0 heterocycles. The van der Waals surface area contributed by atoms with Crippen LogP contribution in [-0.2, 0) is 0 Å². The number of hydrogen-bond donors (Lipinski definition) is 0. The monoisotopic (exact) mass is 132 g/mol. The molecule has 0 saturated carbocycles. The van der Waals surface area contributed by atoms with Gasteiger partial charge < -0.3 is 0 Å². The second-order valence-corrected chi connectivity index (χ2v) is 1.89. The predicted octanol–water partition coefficient (Wildman–Crippen LogP) is 1.69. The van der Waals surface area contributed by atoms with Crippen molar-refractivity contribution in [2.75, 3.05) is 7.05 Å². The summed E-state index contributed by atoms with van der Waals surface area (Å²) in [6.07, 6.45) is 0. The fourth-order valence-corrected chi connectivity index (χ4v) is 0.404. The van der Waals surface area contributed by atoms with E-state index >= 15 is 0 Å². The summed E-state index contributed by atoms with van der Waals surface area (Å²) in [6, 6.07) is 0. The minimum atomic E-state index is 0.310. The summed E-state index contributed by atoms with van der Waals surface area (Å²) in [5.41, 5.74) is 0.917. The van der Waals surface area contributed by atoms with Crippen LogP contribution < -0.4 is 0 Å². The summed E-state index contributed by atoms with van der Waals surface area (Å²) >= 11 is 5.42. The first-order chi connectivity index (χ1) is 3.66. The Kier molecular flexibility index (Phi) is 3.44. The zero-order valence-electron chi connectivity index (χ0n) is 5.27. The van der Waals surface area contributed by atoms with Gasteiger partial charge in [-0.3, -0.25) is 4.99 Å². The predicted molar refractivity (Wildman–Crippen MR) is 38.0 cm³/mol. The van der Waals surface area contributed by atoms with Crippen molar-refractivity contribution in [1.82, 2.24) is 0 Å². The van der Waals surface area contributed by atoms with Gasteiger partial charge in [0.15, 0.2) is 0 Å². The first-order valence-electron chi connectivity index (χ1n) is 2.31. The highest BCUT2D eigenvalue weighted by Gasteiger charge is 1.82. The smallest absolute Gasteiger partial charge is 0.217 e. The lowest BCUT2D eigenvalue weighted by Crippen LogP contribution is -1.86. The molecule has 0 spiro atoms. The summed E-state index contributed by atoms with van der Waals surface area (Å²) in [4.78, 5) is 7.45. The van der Waals surface area contributed by atoms with E-state index in [4.69, 9.17) is 11.6 Å². The van der Waals surface area contributed by atoms with E-state index in [0.717, 1.165) is 5.71 Å². The van der Waals surface area contributed by atoms with Gasteiger partial charge in [0.2, 0.25) is 5.29 Å². The van der Waals surface area contributed by atoms with E-state index in [2.05, 4.69) is 9.98 Å². The molecular formula is C5H9ClN2. The van der Waals surface area contributed by atoms with Crippen molar-refractivity contribution in [3.05, 3.63) is 0 Å². The molecule has 0 aromatic carbocycles. The number of rotatable bonds is 0. The molecule has 0 unspecified atom stereocenters. The topological polar surface area (TPSA) is 24.7 Å². The van der Waals surface area contributed by atoms with E-state index in [0.29, 0.717) is 5.29 Å². The summed E-state index contributed by atoms with van der Waals surface area (Å²) in [5, 5.41) is 0.310. The molecule has 0 amide bonds. The van der Waals surface area contributed by atoms with E-state index < -0.39 is 0 Å². The maximum Gasteiger partial charge on any atom is 0.217 e. The Hall–Kier alpha value is -0.370. The van der Waals surface area contributed by atoms with Gasteiger partial charge in [0.1, 0.15) is 0 Å². The summed E-state index contributed by atoms with van der Waals surface area (Å²) < 4.78 is 0. The largest absolute Gasteiger partial charge is 0.260 e. The van der Waals surface area contributed by atoms with Gasteiger partial charge in [0.05, 0.1) is 0 Å². The van der Waals surface area contributed by atoms with Gasteiger partial charge in [0.25, 0.3) is 0 Å². The van der Waals surface area contributed by atoms with Crippen molar-refractivity contribution >= 4 is 22.6 Å². The SMILES string of the molecule is C/N=C(/Cl)N=C(C)C. The number of amidine groups is 1. The van der Waals surface area contributed by atoms with Crippen molar-refractivity contribution in [2.45, 2.75) is 13.8 Å². The van der Waals surface area contributed by atoms with E-state index in [9.17, 15) is 0 Å². The molecule has 0 saturated heterocycles. The lowest BCUT2D eigenvalue weighted by Gasteiger charge is -1.85. The lowest BCUT2D eigenvalue weighted by molar-refractivity contribution is 1.42. The summed E-state index contributed by atoms with van der Waals surface area (Å²) in [5.74, 6) is 0. The molecule has 0 aliphatic carbocycles. The second-order valence-electron chi connectivity index (χ2n) is 1.55. The molecule has 0 aromatic rings. The van der Waals surface area contributed by atoms with Crippen LogP contribution in [0.2, 0.25) is 0 Å². The van der Waals surface area contributed by atoms with Crippen LogP contribution in [0, 0.1) is 0 Å². The van der Waals surface area contributed by atoms with Crippen molar-refractivity contribution in [3.63, 3.8) is 0 Å². The van der Waals surface area contributed by atoms with E-state index in [-0.39, 0.29) is 0 Å². The Morgan fingerprint density at radius 3 is 2.00 bits per heavy atom. The molecule has 0 aromatic heterocycles. The van der Waals surface area contributed by atoms with Gasteiger partial charge in [-0.25, -0.2) is 4.99 Å². The van der Waals surface area contributed by atoms with Crippen molar-refractivity contribution in [2.24, 2.45) is 9.98 Å². The second kappa shape index (κ2) is 3.61. The number of aliphatic imine (C=N–C) groups is 2. The van der Waals surface area contributed by atoms with Crippen molar-refractivity contribution < 1.29 is 0 Å². The minimum absolute atomic E-state index is 0.310. The molecular weight excluding hydrogens is 124 g/mol. The van der Waals surface area contributed by atoms with Gasteiger partial charge >= 0.3 is 0 Å². The molecule has 0 atom stereocenters. The van der Waals surface area contributed by atoms with Crippen LogP contribution in [-0.4, -0.2) is 18.1 Å². The highest BCUT2D eigenvalue weighted by molar-refractivity contribution is 6.65. The van der Waals surface area contributed by atoms with Gasteiger partial charge in [-0.2, -0.15) is 0 Å². The average molecular weight is 133 g/mol. The van der Waals surface area contributed by atoms with Gasteiger partial charge in [-0.1, -0.05) is 0 Å². The average Bonchev–Trinajstić information content (AvgIpc) is 1.65. The molecule has 3 heteroatoms. The molecule has 0 bridgehead atoms. The third kappa shape index (κ3) is 3.81. The third-order valence-electron chi connectivity index (χ3n) is 0.500. The van der Waals surface area contributed by atoms with Crippen LogP contribution in [0.15, 0.2) is 9.98 Å². The van der Waals surface area contributed by atoms with Crippen molar-refractivity contribution in [1.29, 1.82) is 0 Å². The Labute approximate surface area is 54.3 Å². The fraction of sp³-hybridized carbons (Fsp3) is 0.600. The molecule has 46 valence electrons. The fourth-order valence-electron chi connectivity index (χ4n) is 0.235. The zero-order valence-corrected chi connectivity index (χ0v) is 6.03. The maximum absolute atomic E-state index is 5.42. The van der Waals surface area contributed by atoms with Crippen LogP contribution in [0.25, 0.3) is 0 Å². The highest BCUT2D eigenvalue weighted by atomic mass is 35.5. The summed E-state index contributed by atoms with van der Waals surface area (Å²) in [7, 11) is 1.61.